The highest BCUT2D eigenvalue weighted by Gasteiger charge is 2.15. The fourth-order valence-electron chi connectivity index (χ4n) is 2.78. The normalized spacial score (nSPS) is 11.3. The molecule has 0 aliphatic rings. The lowest BCUT2D eigenvalue weighted by molar-refractivity contribution is 0.962. The molecule has 4 heteroatoms. The van der Waals surface area contributed by atoms with Gasteiger partial charge in [0.1, 0.15) is 11.3 Å². The summed E-state index contributed by atoms with van der Waals surface area (Å²) in [5, 5.41) is 1.07. The van der Waals surface area contributed by atoms with E-state index < -0.39 is 0 Å². The molecule has 4 nitrogen and oxygen atoms in total. The predicted octanol–water partition coefficient (Wildman–Crippen LogP) is 3.37. The zero-order valence-electron chi connectivity index (χ0n) is 11.6. The first kappa shape index (κ1) is 11.9. The number of anilines is 1. The average molecular weight is 274 g/mol. The van der Waals surface area contributed by atoms with Crippen LogP contribution in [0, 0.1) is 0 Å². The molecule has 0 bridgehead atoms. The molecule has 0 fully saturated rings. The van der Waals surface area contributed by atoms with E-state index in [0.29, 0.717) is 5.82 Å². The van der Waals surface area contributed by atoms with Gasteiger partial charge in [0.2, 0.25) is 0 Å². The summed E-state index contributed by atoms with van der Waals surface area (Å²) in [4.78, 5) is 9.16. The predicted molar refractivity (Wildman–Crippen MR) is 85.9 cm³/mol. The number of nitrogens with zero attached hydrogens (tertiary/aromatic N) is 3. The van der Waals surface area contributed by atoms with Crippen molar-refractivity contribution in [3.8, 4) is 11.4 Å². The SMILES string of the molecule is Cn1c(-c2ccccc2)nc2c(N)nc3ccccc3c21. The highest BCUT2D eigenvalue weighted by molar-refractivity contribution is 6.07. The van der Waals surface area contributed by atoms with Crippen LogP contribution in [0.5, 0.6) is 0 Å². The van der Waals surface area contributed by atoms with E-state index in [4.69, 9.17) is 10.7 Å². The lowest BCUT2D eigenvalue weighted by Crippen LogP contribution is -1.95. The Labute approximate surface area is 121 Å². The number of aryl methyl sites for hydroxylation is 1. The molecule has 4 rings (SSSR count). The van der Waals surface area contributed by atoms with Crippen molar-refractivity contribution in [2.75, 3.05) is 5.73 Å². The van der Waals surface area contributed by atoms with E-state index in [1.807, 2.05) is 55.6 Å². The fourth-order valence-corrected chi connectivity index (χ4v) is 2.78. The van der Waals surface area contributed by atoms with Crippen molar-refractivity contribution in [3.05, 3.63) is 54.6 Å². The molecule has 0 radical (unpaired) electrons. The van der Waals surface area contributed by atoms with Crippen LogP contribution in [0.3, 0.4) is 0 Å². The minimum absolute atomic E-state index is 0.474. The van der Waals surface area contributed by atoms with Crippen LogP contribution in [0.4, 0.5) is 5.82 Å². The molecule has 0 saturated heterocycles. The Hall–Kier alpha value is -2.88. The summed E-state index contributed by atoms with van der Waals surface area (Å²) in [5.41, 5.74) is 9.84. The van der Waals surface area contributed by atoms with Gasteiger partial charge in [0.25, 0.3) is 0 Å². The number of pyridine rings is 1. The maximum Gasteiger partial charge on any atom is 0.152 e. The molecule has 0 aliphatic carbocycles. The third kappa shape index (κ3) is 1.69. The number of aromatic nitrogens is 3. The van der Waals surface area contributed by atoms with Gasteiger partial charge in [0, 0.05) is 18.0 Å². The van der Waals surface area contributed by atoms with E-state index in [2.05, 4.69) is 15.6 Å². The lowest BCUT2D eigenvalue weighted by atomic mass is 10.2. The van der Waals surface area contributed by atoms with Crippen LogP contribution >= 0.6 is 0 Å². The Morgan fingerprint density at radius 3 is 2.43 bits per heavy atom. The number of benzene rings is 2. The van der Waals surface area contributed by atoms with Crippen molar-refractivity contribution in [1.82, 2.24) is 14.5 Å². The van der Waals surface area contributed by atoms with E-state index >= 15 is 0 Å². The molecule has 0 unspecified atom stereocenters. The summed E-state index contributed by atoms with van der Waals surface area (Å²) in [6, 6.07) is 18.1. The molecule has 0 spiro atoms. The highest BCUT2D eigenvalue weighted by atomic mass is 15.1. The second kappa shape index (κ2) is 4.31. The van der Waals surface area contributed by atoms with Crippen LogP contribution in [0.25, 0.3) is 33.3 Å². The smallest absolute Gasteiger partial charge is 0.152 e. The molecule has 0 aliphatic heterocycles. The molecule has 21 heavy (non-hydrogen) atoms. The number of imidazole rings is 1. The number of hydrogen-bond donors (Lipinski definition) is 1. The first-order valence-corrected chi connectivity index (χ1v) is 6.82. The molecule has 102 valence electrons. The molecule has 0 amide bonds. The summed E-state index contributed by atoms with van der Waals surface area (Å²) in [6.45, 7) is 0. The molecule has 2 aromatic carbocycles. The van der Waals surface area contributed by atoms with Gasteiger partial charge in [-0.2, -0.15) is 0 Å². The second-order valence-electron chi connectivity index (χ2n) is 5.07. The van der Waals surface area contributed by atoms with Gasteiger partial charge in [-0.05, 0) is 6.07 Å². The van der Waals surface area contributed by atoms with Crippen molar-refractivity contribution >= 4 is 27.8 Å². The van der Waals surface area contributed by atoms with Crippen LogP contribution in [0.15, 0.2) is 54.6 Å². The zero-order chi connectivity index (χ0) is 14.4. The maximum absolute atomic E-state index is 6.10. The largest absolute Gasteiger partial charge is 0.382 e. The van der Waals surface area contributed by atoms with E-state index in [-0.39, 0.29) is 0 Å². The summed E-state index contributed by atoms with van der Waals surface area (Å²) in [6.07, 6.45) is 0. The molecule has 2 aromatic heterocycles. The Kier molecular flexibility index (Phi) is 2.44. The molecular weight excluding hydrogens is 260 g/mol. The van der Waals surface area contributed by atoms with Gasteiger partial charge in [-0.15, -0.1) is 0 Å². The molecule has 0 atom stereocenters. The number of nitrogen functional groups attached to an aromatic ring is 1. The summed E-state index contributed by atoms with van der Waals surface area (Å²) >= 11 is 0. The monoisotopic (exact) mass is 274 g/mol. The van der Waals surface area contributed by atoms with E-state index in [1.54, 1.807) is 0 Å². The van der Waals surface area contributed by atoms with Crippen molar-refractivity contribution in [1.29, 1.82) is 0 Å². The minimum atomic E-state index is 0.474. The molecular formula is C17H14N4. The van der Waals surface area contributed by atoms with Crippen molar-refractivity contribution < 1.29 is 0 Å². The Morgan fingerprint density at radius 2 is 1.62 bits per heavy atom. The molecule has 4 aromatic rings. The van der Waals surface area contributed by atoms with Gasteiger partial charge in [-0.3, -0.25) is 0 Å². The number of nitrogens with two attached hydrogens (primary N) is 1. The number of hydrogen-bond acceptors (Lipinski definition) is 3. The van der Waals surface area contributed by atoms with Crippen LogP contribution < -0.4 is 5.73 Å². The van der Waals surface area contributed by atoms with E-state index in [0.717, 1.165) is 33.3 Å². The van der Waals surface area contributed by atoms with Gasteiger partial charge in [-0.25, -0.2) is 9.97 Å². The van der Waals surface area contributed by atoms with Crippen LogP contribution in [-0.2, 0) is 7.05 Å². The van der Waals surface area contributed by atoms with Crippen molar-refractivity contribution in [2.24, 2.45) is 7.05 Å². The molecule has 2 heterocycles. The maximum atomic E-state index is 6.10. The van der Waals surface area contributed by atoms with Gasteiger partial charge in [0.05, 0.1) is 11.0 Å². The second-order valence-corrected chi connectivity index (χ2v) is 5.07. The summed E-state index contributed by atoms with van der Waals surface area (Å²) in [7, 11) is 2.02. The van der Waals surface area contributed by atoms with E-state index in [1.165, 1.54) is 0 Å². The molecule has 2 N–H and O–H groups in total. The highest BCUT2D eigenvalue weighted by Crippen LogP contribution is 2.31. The molecule has 0 saturated carbocycles. The average Bonchev–Trinajstić information content (AvgIpc) is 2.87. The quantitative estimate of drug-likeness (QED) is 0.579. The van der Waals surface area contributed by atoms with Crippen LogP contribution in [0.2, 0.25) is 0 Å². The van der Waals surface area contributed by atoms with Gasteiger partial charge in [-0.1, -0.05) is 48.5 Å². The first-order chi connectivity index (χ1) is 10.3. The van der Waals surface area contributed by atoms with Crippen LogP contribution in [-0.4, -0.2) is 14.5 Å². The van der Waals surface area contributed by atoms with Crippen molar-refractivity contribution in [2.45, 2.75) is 0 Å². The lowest BCUT2D eigenvalue weighted by Gasteiger charge is -2.05. The van der Waals surface area contributed by atoms with Crippen molar-refractivity contribution in [3.63, 3.8) is 0 Å². The number of para-hydroxylation sites is 1. The van der Waals surface area contributed by atoms with Gasteiger partial charge < -0.3 is 10.3 Å². The van der Waals surface area contributed by atoms with Gasteiger partial charge in [0.15, 0.2) is 5.82 Å². The third-order valence-corrected chi connectivity index (χ3v) is 3.77. The topological polar surface area (TPSA) is 56.7 Å². The standard InChI is InChI=1S/C17H14N4/c1-21-15-12-9-5-6-10-13(12)19-16(18)14(15)20-17(21)11-7-3-2-4-8-11/h2-10H,1H3,(H2,18,19). The van der Waals surface area contributed by atoms with Crippen LogP contribution in [0.1, 0.15) is 0 Å². The third-order valence-electron chi connectivity index (χ3n) is 3.77. The number of fused-ring (bicyclic) bond motifs is 3. The first-order valence-electron chi connectivity index (χ1n) is 6.82. The van der Waals surface area contributed by atoms with E-state index in [9.17, 15) is 0 Å². The zero-order valence-corrected chi connectivity index (χ0v) is 11.6. The number of rotatable bonds is 1. The summed E-state index contributed by atoms with van der Waals surface area (Å²) in [5.74, 6) is 1.37. The summed E-state index contributed by atoms with van der Waals surface area (Å²) < 4.78 is 2.09. The Morgan fingerprint density at radius 1 is 0.905 bits per heavy atom. The minimum Gasteiger partial charge on any atom is -0.382 e. The fraction of sp³-hybridized carbons (Fsp3) is 0.0588. The Balaban J connectivity index is 2.16. The Bertz CT molecular complexity index is 955. The van der Waals surface area contributed by atoms with Gasteiger partial charge >= 0.3 is 0 Å².